The monoisotopic (exact) mass is 338 g/mol. The van der Waals surface area contributed by atoms with Crippen LogP contribution in [0.2, 0.25) is 0 Å². The molecule has 0 bridgehead atoms. The summed E-state index contributed by atoms with van der Waals surface area (Å²) in [5, 5.41) is 2.94. The van der Waals surface area contributed by atoms with Gasteiger partial charge in [-0.05, 0) is 44.2 Å². The first-order valence-electron chi connectivity index (χ1n) is 8.55. The van der Waals surface area contributed by atoms with Crippen LogP contribution in [0.25, 0.3) is 11.4 Å². The van der Waals surface area contributed by atoms with Gasteiger partial charge in [0.15, 0.2) is 0 Å². The van der Waals surface area contributed by atoms with Crippen molar-refractivity contribution in [1.82, 2.24) is 20.3 Å². The highest BCUT2D eigenvalue weighted by molar-refractivity contribution is 5.78. The Labute approximate surface area is 146 Å². The van der Waals surface area contributed by atoms with Gasteiger partial charge in [-0.3, -0.25) is 14.6 Å². The van der Waals surface area contributed by atoms with Gasteiger partial charge < -0.3 is 10.3 Å². The molecule has 0 saturated carbocycles. The number of rotatable bonds is 5. The fourth-order valence-electron chi connectivity index (χ4n) is 2.99. The minimum absolute atomic E-state index is 0.0490. The topological polar surface area (TPSA) is 87.7 Å². The summed E-state index contributed by atoms with van der Waals surface area (Å²) in [4.78, 5) is 35.7. The van der Waals surface area contributed by atoms with E-state index in [0.29, 0.717) is 29.5 Å². The number of amides is 1. The van der Waals surface area contributed by atoms with Crippen molar-refractivity contribution in [1.29, 1.82) is 0 Å². The number of nitrogens with one attached hydrogen (secondary N) is 2. The first kappa shape index (κ1) is 17.1. The molecule has 0 saturated heterocycles. The highest BCUT2D eigenvalue weighted by Gasteiger charge is 2.15. The van der Waals surface area contributed by atoms with Crippen LogP contribution in [0, 0.1) is 12.8 Å². The molecule has 130 valence electrons. The maximum atomic E-state index is 12.4. The van der Waals surface area contributed by atoms with Gasteiger partial charge in [0.2, 0.25) is 5.91 Å². The second-order valence-corrected chi connectivity index (χ2v) is 6.35. The average molecular weight is 338 g/mol. The molecule has 3 rings (SSSR count). The molecular formula is C19H22N4O2. The molecule has 1 aliphatic rings. The number of hydrogen-bond acceptors (Lipinski definition) is 4. The molecule has 0 aromatic carbocycles. The quantitative estimate of drug-likeness (QED) is 0.818. The zero-order valence-corrected chi connectivity index (χ0v) is 14.3. The van der Waals surface area contributed by atoms with Crippen LogP contribution in [0.15, 0.2) is 41.5 Å². The van der Waals surface area contributed by atoms with Gasteiger partial charge in [0.1, 0.15) is 5.82 Å². The number of carbonyl (C=O) groups excluding carboxylic acids is 1. The molecule has 6 nitrogen and oxygen atoms in total. The molecule has 0 fully saturated rings. The summed E-state index contributed by atoms with van der Waals surface area (Å²) < 4.78 is 0. The summed E-state index contributed by atoms with van der Waals surface area (Å²) in [6, 6.07) is 3.56. The number of hydrogen-bond donors (Lipinski definition) is 2. The summed E-state index contributed by atoms with van der Waals surface area (Å²) >= 11 is 0. The van der Waals surface area contributed by atoms with Crippen molar-refractivity contribution >= 4 is 5.91 Å². The lowest BCUT2D eigenvalue weighted by Crippen LogP contribution is -2.33. The number of nitrogens with zero attached hydrogens (tertiary/aromatic N) is 2. The van der Waals surface area contributed by atoms with Gasteiger partial charge in [-0.2, -0.15) is 0 Å². The predicted molar refractivity (Wildman–Crippen MR) is 96.0 cm³/mol. The minimum Gasteiger partial charge on any atom is -0.356 e. The molecule has 1 aliphatic carbocycles. The van der Waals surface area contributed by atoms with Crippen molar-refractivity contribution in [2.75, 3.05) is 6.54 Å². The lowest BCUT2D eigenvalue weighted by atomic mass is 9.94. The molecule has 1 atom stereocenters. The van der Waals surface area contributed by atoms with Crippen LogP contribution in [0.1, 0.15) is 30.5 Å². The van der Waals surface area contributed by atoms with E-state index >= 15 is 0 Å². The standard InChI is InChI=1S/C19H22N4O2/c1-13-16(11-17(24)21-12-14-5-3-2-4-6-14)19(25)23-18(22-13)15-7-9-20-10-8-15/h2-3,7-10,14H,4-6,11-12H2,1H3,(H,21,24)(H,22,23,25)/t14-/m0/s1. The SMILES string of the molecule is Cc1nc(-c2ccncc2)[nH]c(=O)c1CC(=O)NC[C@H]1CC=CCC1. The molecule has 1 amide bonds. The van der Waals surface area contributed by atoms with Gasteiger partial charge >= 0.3 is 0 Å². The summed E-state index contributed by atoms with van der Waals surface area (Å²) in [5.41, 5.74) is 1.51. The molecular weight excluding hydrogens is 316 g/mol. The Hall–Kier alpha value is -2.76. The van der Waals surface area contributed by atoms with Crippen LogP contribution in [0.4, 0.5) is 0 Å². The van der Waals surface area contributed by atoms with Gasteiger partial charge in [-0.25, -0.2) is 4.98 Å². The Morgan fingerprint density at radius 2 is 2.12 bits per heavy atom. The van der Waals surface area contributed by atoms with Gasteiger partial charge in [0.05, 0.1) is 6.42 Å². The van der Waals surface area contributed by atoms with Crippen molar-refractivity contribution < 1.29 is 4.79 Å². The zero-order valence-electron chi connectivity index (χ0n) is 14.3. The maximum absolute atomic E-state index is 12.4. The highest BCUT2D eigenvalue weighted by atomic mass is 16.2. The molecule has 2 heterocycles. The van der Waals surface area contributed by atoms with E-state index in [1.807, 2.05) is 0 Å². The summed E-state index contributed by atoms with van der Waals surface area (Å²) in [6.45, 7) is 2.41. The van der Waals surface area contributed by atoms with Crippen LogP contribution in [0.3, 0.4) is 0 Å². The first-order chi connectivity index (χ1) is 12.1. The Kier molecular flexibility index (Phi) is 5.38. The van der Waals surface area contributed by atoms with E-state index in [1.165, 1.54) is 0 Å². The Morgan fingerprint density at radius 1 is 1.32 bits per heavy atom. The molecule has 0 aliphatic heterocycles. The fourth-order valence-corrected chi connectivity index (χ4v) is 2.99. The third kappa shape index (κ3) is 4.41. The highest BCUT2D eigenvalue weighted by Crippen LogP contribution is 2.17. The fraction of sp³-hybridized carbons (Fsp3) is 0.368. The third-order valence-corrected chi connectivity index (χ3v) is 4.48. The van der Waals surface area contributed by atoms with E-state index in [4.69, 9.17) is 0 Å². The normalized spacial score (nSPS) is 16.6. The zero-order chi connectivity index (χ0) is 17.6. The van der Waals surface area contributed by atoms with Crippen LogP contribution in [-0.2, 0) is 11.2 Å². The van der Waals surface area contributed by atoms with Crippen molar-refractivity contribution in [3.63, 3.8) is 0 Å². The molecule has 25 heavy (non-hydrogen) atoms. The Balaban J connectivity index is 1.67. The van der Waals surface area contributed by atoms with E-state index in [9.17, 15) is 9.59 Å². The van der Waals surface area contributed by atoms with Crippen molar-refractivity contribution in [3.05, 3.63) is 58.3 Å². The first-order valence-corrected chi connectivity index (χ1v) is 8.55. The van der Waals surface area contributed by atoms with E-state index in [0.717, 1.165) is 24.8 Å². The second kappa shape index (κ2) is 7.88. The Morgan fingerprint density at radius 3 is 2.80 bits per heavy atom. The molecule has 2 aromatic heterocycles. The van der Waals surface area contributed by atoms with E-state index in [-0.39, 0.29) is 17.9 Å². The maximum Gasteiger partial charge on any atom is 0.255 e. The van der Waals surface area contributed by atoms with Crippen molar-refractivity contribution in [2.24, 2.45) is 5.92 Å². The molecule has 0 radical (unpaired) electrons. The van der Waals surface area contributed by atoms with Crippen LogP contribution < -0.4 is 10.9 Å². The Bertz CT molecular complexity index is 827. The number of H-pyrrole nitrogens is 1. The van der Waals surface area contributed by atoms with Gasteiger partial charge in [0, 0.05) is 35.8 Å². The van der Waals surface area contributed by atoms with E-state index < -0.39 is 0 Å². The molecule has 6 heteroatoms. The largest absolute Gasteiger partial charge is 0.356 e. The lowest BCUT2D eigenvalue weighted by Gasteiger charge is -2.18. The van der Waals surface area contributed by atoms with Gasteiger partial charge in [-0.15, -0.1) is 0 Å². The molecule has 2 aromatic rings. The van der Waals surface area contributed by atoms with Crippen LogP contribution in [-0.4, -0.2) is 27.4 Å². The number of aromatic nitrogens is 3. The van der Waals surface area contributed by atoms with Gasteiger partial charge in [0.25, 0.3) is 5.56 Å². The van der Waals surface area contributed by atoms with Crippen LogP contribution >= 0.6 is 0 Å². The second-order valence-electron chi connectivity index (χ2n) is 6.35. The van der Waals surface area contributed by atoms with Crippen molar-refractivity contribution in [2.45, 2.75) is 32.6 Å². The number of pyridine rings is 1. The average Bonchev–Trinajstić information content (AvgIpc) is 2.64. The van der Waals surface area contributed by atoms with E-state index in [2.05, 4.69) is 32.4 Å². The molecule has 0 spiro atoms. The number of allylic oxidation sites excluding steroid dienone is 2. The van der Waals surface area contributed by atoms with Gasteiger partial charge in [-0.1, -0.05) is 12.2 Å². The van der Waals surface area contributed by atoms with E-state index in [1.54, 1.807) is 31.5 Å². The third-order valence-electron chi connectivity index (χ3n) is 4.48. The predicted octanol–water partition coefficient (Wildman–Crippen LogP) is 2.16. The molecule has 2 N–H and O–H groups in total. The minimum atomic E-state index is -0.268. The van der Waals surface area contributed by atoms with Crippen molar-refractivity contribution in [3.8, 4) is 11.4 Å². The summed E-state index contributed by atoms with van der Waals surface area (Å²) in [6.07, 6.45) is 10.8. The number of aryl methyl sites for hydroxylation is 1. The number of aromatic amines is 1. The lowest BCUT2D eigenvalue weighted by molar-refractivity contribution is -0.120. The summed E-state index contributed by atoms with van der Waals surface area (Å²) in [7, 11) is 0. The number of carbonyl (C=O) groups is 1. The molecule has 0 unspecified atom stereocenters. The smallest absolute Gasteiger partial charge is 0.255 e. The van der Waals surface area contributed by atoms with Crippen LogP contribution in [0.5, 0.6) is 0 Å². The summed E-state index contributed by atoms with van der Waals surface area (Å²) in [5.74, 6) is 0.838.